The summed E-state index contributed by atoms with van der Waals surface area (Å²) in [6.45, 7) is 3.95. The summed E-state index contributed by atoms with van der Waals surface area (Å²) in [5.41, 5.74) is 1.52. The van der Waals surface area contributed by atoms with E-state index in [2.05, 4.69) is 40.9 Å². The predicted molar refractivity (Wildman–Crippen MR) is 137 cm³/mol. The monoisotopic (exact) mass is 526 g/mol. The third-order valence-corrected chi connectivity index (χ3v) is 9.83. The molecule has 36 heavy (non-hydrogen) atoms. The quantitative estimate of drug-likeness (QED) is 0.281. The maximum atomic E-state index is 13.9. The largest absolute Gasteiger partial charge is 1.00 e. The molecule has 7 rings (SSSR count). The van der Waals surface area contributed by atoms with E-state index >= 15 is 0 Å². The first kappa shape index (κ1) is 25.5. The Balaban J connectivity index is 0.00000267. The number of thiophene rings is 1. The molecule has 5 nitrogen and oxygen atoms in total. The molecule has 3 aromatic rings. The van der Waals surface area contributed by atoms with Gasteiger partial charge in [0.05, 0.1) is 13.1 Å². The van der Waals surface area contributed by atoms with E-state index in [0.29, 0.717) is 5.92 Å². The van der Waals surface area contributed by atoms with E-state index < -0.39 is 5.41 Å². The summed E-state index contributed by atoms with van der Waals surface area (Å²) in [4.78, 5) is 15.1. The number of hydrogen-bond donors (Lipinski definition) is 0. The van der Waals surface area contributed by atoms with E-state index in [9.17, 15) is 4.79 Å². The van der Waals surface area contributed by atoms with Gasteiger partial charge in [0.1, 0.15) is 24.2 Å². The number of carbonyl (C=O) groups excluding carboxylic acids is 1. The highest BCUT2D eigenvalue weighted by atomic mass is 35.5. The SMILES string of the molecule is O=C(O[C@H]1C[N+]2(Cc3cc(-c4ccccc4)no3)CCC1CC2)C1(c2cccs2)CCCCCC1.[Cl-]. The van der Waals surface area contributed by atoms with Gasteiger partial charge >= 0.3 is 5.97 Å². The Kier molecular flexibility index (Phi) is 7.57. The minimum absolute atomic E-state index is 0. The van der Waals surface area contributed by atoms with Crippen LogP contribution in [0.1, 0.15) is 62.0 Å². The number of esters is 1. The summed E-state index contributed by atoms with van der Waals surface area (Å²) in [5.74, 6) is 1.44. The van der Waals surface area contributed by atoms with Crippen LogP contribution in [0.25, 0.3) is 11.3 Å². The number of aromatic nitrogens is 1. The number of quaternary nitrogens is 1. The molecule has 5 heterocycles. The van der Waals surface area contributed by atoms with E-state index in [4.69, 9.17) is 9.26 Å². The predicted octanol–water partition coefficient (Wildman–Crippen LogP) is 3.35. The number of rotatable bonds is 6. The van der Waals surface area contributed by atoms with Gasteiger partial charge in [0.25, 0.3) is 0 Å². The fourth-order valence-electron chi connectivity index (χ4n) is 6.72. The normalized spacial score (nSPS) is 27.1. The number of carbonyl (C=O) groups is 1. The standard InChI is InChI=1S/C29H35N2O3S.ClH/c32-28(29(27-11-8-18-35-27)14-6-1-2-7-15-29)33-26-21-31(16-12-23(26)13-17-31)20-24-19-25(30-34-24)22-9-4-3-5-10-22;/h3-5,8-11,18-19,23,26H,1-2,6-7,12-17,20-21H2;1H/q+1;/p-1/t23?,26-,31?;/m0./s1. The van der Waals surface area contributed by atoms with Gasteiger partial charge in [0.15, 0.2) is 11.9 Å². The number of halogens is 1. The summed E-state index contributed by atoms with van der Waals surface area (Å²) in [6, 6.07) is 16.5. The van der Waals surface area contributed by atoms with Crippen LogP contribution in [0.3, 0.4) is 0 Å². The van der Waals surface area contributed by atoms with Crippen molar-refractivity contribution < 1.29 is 30.9 Å². The van der Waals surface area contributed by atoms with Crippen LogP contribution in [0.4, 0.5) is 0 Å². The van der Waals surface area contributed by atoms with Crippen molar-refractivity contribution in [3.8, 4) is 11.3 Å². The molecule has 7 heteroatoms. The molecule has 0 amide bonds. The molecule has 192 valence electrons. The van der Waals surface area contributed by atoms with E-state index in [1.165, 1.54) is 17.7 Å². The molecule has 4 fully saturated rings. The Morgan fingerprint density at radius 1 is 1.06 bits per heavy atom. The lowest BCUT2D eigenvalue weighted by Gasteiger charge is -2.52. The number of fused-ring (bicyclic) bond motifs is 3. The van der Waals surface area contributed by atoms with Gasteiger partial charge in [-0.05, 0) is 24.3 Å². The smallest absolute Gasteiger partial charge is 0.317 e. The first-order chi connectivity index (χ1) is 17.2. The Hall–Kier alpha value is -2.15. The van der Waals surface area contributed by atoms with Gasteiger partial charge in [0.2, 0.25) is 0 Å². The van der Waals surface area contributed by atoms with Crippen LogP contribution in [0.5, 0.6) is 0 Å². The summed E-state index contributed by atoms with van der Waals surface area (Å²) in [7, 11) is 0. The number of nitrogens with zero attached hydrogens (tertiary/aromatic N) is 2. The van der Waals surface area contributed by atoms with Crippen LogP contribution in [0, 0.1) is 5.92 Å². The zero-order valence-corrected chi connectivity index (χ0v) is 22.3. The van der Waals surface area contributed by atoms with Crippen molar-refractivity contribution in [1.29, 1.82) is 0 Å². The molecule has 2 bridgehead atoms. The van der Waals surface area contributed by atoms with E-state index in [-0.39, 0.29) is 24.5 Å². The maximum absolute atomic E-state index is 13.9. The summed E-state index contributed by atoms with van der Waals surface area (Å²) < 4.78 is 13.2. The fourth-order valence-corrected chi connectivity index (χ4v) is 7.70. The second kappa shape index (κ2) is 10.7. The van der Waals surface area contributed by atoms with Crippen molar-refractivity contribution in [3.05, 3.63) is 64.5 Å². The lowest BCUT2D eigenvalue weighted by Crippen LogP contribution is -3.00. The first-order valence-electron chi connectivity index (χ1n) is 13.3. The lowest BCUT2D eigenvalue weighted by molar-refractivity contribution is -0.959. The Bertz CT molecular complexity index is 1130. The van der Waals surface area contributed by atoms with E-state index in [1.807, 2.05) is 18.2 Å². The van der Waals surface area contributed by atoms with Gasteiger partial charge in [0, 0.05) is 35.3 Å². The van der Waals surface area contributed by atoms with Gasteiger partial charge in [-0.1, -0.05) is 67.2 Å². The van der Waals surface area contributed by atoms with Crippen LogP contribution < -0.4 is 12.4 Å². The van der Waals surface area contributed by atoms with Crippen molar-refractivity contribution in [3.63, 3.8) is 0 Å². The van der Waals surface area contributed by atoms with Gasteiger partial charge < -0.3 is 26.2 Å². The van der Waals surface area contributed by atoms with Crippen LogP contribution in [-0.2, 0) is 21.5 Å². The van der Waals surface area contributed by atoms with Gasteiger partial charge in [-0.2, -0.15) is 0 Å². The highest BCUT2D eigenvalue weighted by molar-refractivity contribution is 7.10. The second-order valence-electron chi connectivity index (χ2n) is 10.9. The maximum Gasteiger partial charge on any atom is 0.317 e. The molecule has 0 N–H and O–H groups in total. The molecule has 0 radical (unpaired) electrons. The zero-order chi connectivity index (χ0) is 23.7. The van der Waals surface area contributed by atoms with Crippen molar-refractivity contribution >= 4 is 17.3 Å². The molecule has 1 saturated carbocycles. The highest BCUT2D eigenvalue weighted by Crippen LogP contribution is 2.44. The molecule has 1 aromatic carbocycles. The van der Waals surface area contributed by atoms with Gasteiger partial charge in [-0.15, -0.1) is 11.3 Å². The molecule has 0 spiro atoms. The average molecular weight is 527 g/mol. The van der Waals surface area contributed by atoms with Gasteiger partial charge in [-0.25, -0.2) is 0 Å². The van der Waals surface area contributed by atoms with E-state index in [1.54, 1.807) is 11.3 Å². The fraction of sp³-hybridized carbons (Fsp3) is 0.517. The van der Waals surface area contributed by atoms with Gasteiger partial charge in [-0.3, -0.25) is 4.79 Å². The highest BCUT2D eigenvalue weighted by Gasteiger charge is 2.51. The third kappa shape index (κ3) is 4.88. The summed E-state index contributed by atoms with van der Waals surface area (Å²) in [5, 5.41) is 6.44. The average Bonchev–Trinajstić information content (AvgIpc) is 3.53. The summed E-state index contributed by atoms with van der Waals surface area (Å²) >= 11 is 1.72. The minimum atomic E-state index is -0.447. The Morgan fingerprint density at radius 2 is 1.81 bits per heavy atom. The lowest BCUT2D eigenvalue weighted by atomic mass is 9.78. The topological polar surface area (TPSA) is 52.3 Å². The zero-order valence-electron chi connectivity index (χ0n) is 20.7. The third-order valence-electron chi connectivity index (χ3n) is 8.76. The number of ether oxygens (including phenoxy) is 1. The van der Waals surface area contributed by atoms with Crippen molar-refractivity contribution in [2.75, 3.05) is 19.6 Å². The van der Waals surface area contributed by atoms with Crippen LogP contribution in [0.2, 0.25) is 0 Å². The number of hydrogen-bond acceptors (Lipinski definition) is 5. The molecule has 4 aliphatic rings. The Labute approximate surface area is 223 Å². The molecule has 0 unspecified atom stereocenters. The molecule has 3 aliphatic heterocycles. The van der Waals surface area contributed by atoms with Crippen molar-refractivity contribution in [2.24, 2.45) is 5.92 Å². The number of benzene rings is 1. The van der Waals surface area contributed by atoms with Crippen molar-refractivity contribution in [2.45, 2.75) is 69.4 Å². The van der Waals surface area contributed by atoms with E-state index in [0.717, 1.165) is 86.2 Å². The molecule has 3 saturated heterocycles. The molecule has 1 aliphatic carbocycles. The van der Waals surface area contributed by atoms with Crippen molar-refractivity contribution in [1.82, 2.24) is 5.16 Å². The van der Waals surface area contributed by atoms with Crippen LogP contribution in [0.15, 0.2) is 58.4 Å². The van der Waals surface area contributed by atoms with Crippen LogP contribution in [-0.4, -0.2) is 41.3 Å². The number of piperidine rings is 3. The summed E-state index contributed by atoms with van der Waals surface area (Å²) in [6.07, 6.45) is 8.72. The van der Waals surface area contributed by atoms with Crippen LogP contribution >= 0.6 is 11.3 Å². The molecular weight excluding hydrogens is 492 g/mol. The Morgan fingerprint density at radius 3 is 2.50 bits per heavy atom. The molecule has 2 aromatic heterocycles. The molecular formula is C29H35ClN2O3S. The second-order valence-corrected chi connectivity index (χ2v) is 11.9. The minimum Gasteiger partial charge on any atom is -1.00 e. The first-order valence-corrected chi connectivity index (χ1v) is 14.2. The molecule has 1 atom stereocenters.